The molecule has 2 aromatic heterocycles. The molecule has 8 heteroatoms. The quantitative estimate of drug-likeness (QED) is 0.450. The molecule has 8 nitrogen and oxygen atoms in total. The van der Waals surface area contributed by atoms with Gasteiger partial charge in [0.1, 0.15) is 5.75 Å². The standard InChI is InChI=1S/C21H20N6O2/c1-13(28)23-17-5-3-4-14(10-17)15-6-9-20-25-21(26-27(20)12-15)24-18-8-7-16(22)11-19(18)29-2/h3-12H,22H2,1-2H3,(H,23,28)(H,24,26). The Bertz CT molecular complexity index is 1200. The SMILES string of the molecule is COc1cc(N)ccc1Nc1nc2ccc(-c3cccc(NC(C)=O)c3)cn2n1. The number of nitrogens with zero attached hydrogens (tertiary/aromatic N) is 3. The summed E-state index contributed by atoms with van der Waals surface area (Å²) >= 11 is 0. The lowest BCUT2D eigenvalue weighted by molar-refractivity contribution is -0.114. The second kappa shape index (κ2) is 7.51. The van der Waals surface area contributed by atoms with Crippen molar-refractivity contribution in [1.29, 1.82) is 0 Å². The minimum absolute atomic E-state index is 0.109. The molecule has 0 aliphatic heterocycles. The van der Waals surface area contributed by atoms with Gasteiger partial charge in [0.15, 0.2) is 5.65 Å². The lowest BCUT2D eigenvalue weighted by atomic mass is 10.1. The molecule has 0 spiro atoms. The van der Waals surface area contributed by atoms with Gasteiger partial charge in [-0.15, -0.1) is 5.10 Å². The first-order chi connectivity index (χ1) is 14.0. The zero-order valence-electron chi connectivity index (χ0n) is 16.0. The lowest BCUT2D eigenvalue weighted by Crippen LogP contribution is -2.05. The van der Waals surface area contributed by atoms with Crippen LogP contribution in [0.1, 0.15) is 6.92 Å². The van der Waals surface area contributed by atoms with Crippen molar-refractivity contribution in [2.75, 3.05) is 23.5 Å². The van der Waals surface area contributed by atoms with Gasteiger partial charge in [-0.3, -0.25) is 4.79 Å². The van der Waals surface area contributed by atoms with E-state index in [0.717, 1.165) is 22.5 Å². The first-order valence-corrected chi connectivity index (χ1v) is 8.97. The van der Waals surface area contributed by atoms with Gasteiger partial charge in [0.2, 0.25) is 11.9 Å². The summed E-state index contributed by atoms with van der Waals surface area (Å²) in [4.78, 5) is 15.8. The summed E-state index contributed by atoms with van der Waals surface area (Å²) in [6, 6.07) is 16.8. The highest BCUT2D eigenvalue weighted by atomic mass is 16.5. The van der Waals surface area contributed by atoms with Crippen molar-refractivity contribution in [2.24, 2.45) is 0 Å². The van der Waals surface area contributed by atoms with E-state index < -0.39 is 0 Å². The highest BCUT2D eigenvalue weighted by Crippen LogP contribution is 2.29. The first-order valence-electron chi connectivity index (χ1n) is 8.97. The van der Waals surface area contributed by atoms with Crippen molar-refractivity contribution in [3.05, 3.63) is 60.8 Å². The molecule has 4 aromatic rings. The second-order valence-corrected chi connectivity index (χ2v) is 6.50. The fourth-order valence-corrected chi connectivity index (χ4v) is 3.02. The summed E-state index contributed by atoms with van der Waals surface area (Å²) in [5.41, 5.74) is 10.5. The molecule has 0 saturated carbocycles. The number of nitrogens with one attached hydrogen (secondary N) is 2. The van der Waals surface area contributed by atoms with E-state index in [1.807, 2.05) is 48.7 Å². The number of anilines is 4. The third-order valence-electron chi connectivity index (χ3n) is 4.32. The smallest absolute Gasteiger partial charge is 0.247 e. The van der Waals surface area contributed by atoms with Gasteiger partial charge in [0.25, 0.3) is 0 Å². The molecule has 4 rings (SSSR count). The number of rotatable bonds is 5. The molecule has 0 saturated heterocycles. The van der Waals surface area contributed by atoms with E-state index in [-0.39, 0.29) is 5.91 Å². The summed E-state index contributed by atoms with van der Waals surface area (Å²) in [5, 5.41) is 10.5. The van der Waals surface area contributed by atoms with Crippen LogP contribution in [-0.2, 0) is 4.79 Å². The Hall–Kier alpha value is -4.07. The maximum absolute atomic E-state index is 11.3. The van der Waals surface area contributed by atoms with Gasteiger partial charge in [-0.25, -0.2) is 4.52 Å². The Kier molecular flexibility index (Phi) is 4.74. The summed E-state index contributed by atoms with van der Waals surface area (Å²) in [7, 11) is 1.58. The number of carbonyl (C=O) groups is 1. The van der Waals surface area contributed by atoms with Crippen molar-refractivity contribution in [3.8, 4) is 16.9 Å². The molecule has 2 aromatic carbocycles. The van der Waals surface area contributed by atoms with Crippen LogP contribution in [0.15, 0.2) is 60.8 Å². The van der Waals surface area contributed by atoms with E-state index >= 15 is 0 Å². The van der Waals surface area contributed by atoms with E-state index in [1.165, 1.54) is 6.92 Å². The van der Waals surface area contributed by atoms with Gasteiger partial charge in [-0.1, -0.05) is 12.1 Å². The monoisotopic (exact) mass is 388 g/mol. The zero-order chi connectivity index (χ0) is 20.4. The highest BCUT2D eigenvalue weighted by molar-refractivity contribution is 5.89. The molecular formula is C21H20N6O2. The zero-order valence-corrected chi connectivity index (χ0v) is 16.0. The number of fused-ring (bicyclic) bond motifs is 1. The predicted molar refractivity (Wildman–Crippen MR) is 113 cm³/mol. The van der Waals surface area contributed by atoms with Crippen LogP contribution in [0.5, 0.6) is 5.75 Å². The first kappa shape index (κ1) is 18.3. The van der Waals surface area contributed by atoms with E-state index in [1.54, 1.807) is 23.8 Å². The topological polar surface area (TPSA) is 107 Å². The Morgan fingerprint density at radius 2 is 1.97 bits per heavy atom. The number of pyridine rings is 1. The van der Waals surface area contributed by atoms with Gasteiger partial charge < -0.3 is 21.1 Å². The molecule has 0 atom stereocenters. The average Bonchev–Trinajstić information content (AvgIpc) is 3.10. The van der Waals surface area contributed by atoms with Crippen LogP contribution in [0.3, 0.4) is 0 Å². The van der Waals surface area contributed by atoms with Crippen LogP contribution in [0, 0.1) is 0 Å². The number of nitrogen functional groups attached to an aromatic ring is 1. The maximum Gasteiger partial charge on any atom is 0.247 e. The average molecular weight is 388 g/mol. The Balaban J connectivity index is 1.64. The van der Waals surface area contributed by atoms with Gasteiger partial charge in [-0.05, 0) is 42.0 Å². The van der Waals surface area contributed by atoms with E-state index in [9.17, 15) is 4.79 Å². The molecular weight excluding hydrogens is 368 g/mol. The van der Waals surface area contributed by atoms with E-state index in [4.69, 9.17) is 10.5 Å². The predicted octanol–water partition coefficient (Wildman–Crippen LogP) is 3.69. The lowest BCUT2D eigenvalue weighted by Gasteiger charge is -2.08. The summed E-state index contributed by atoms with van der Waals surface area (Å²) in [6.45, 7) is 1.48. The van der Waals surface area contributed by atoms with Crippen LogP contribution in [0.25, 0.3) is 16.8 Å². The van der Waals surface area contributed by atoms with Crippen molar-refractivity contribution in [3.63, 3.8) is 0 Å². The van der Waals surface area contributed by atoms with E-state index in [0.29, 0.717) is 23.0 Å². The number of amides is 1. The minimum Gasteiger partial charge on any atom is -0.494 e. The minimum atomic E-state index is -0.109. The van der Waals surface area contributed by atoms with Crippen LogP contribution < -0.4 is 21.1 Å². The Morgan fingerprint density at radius 1 is 1.10 bits per heavy atom. The molecule has 146 valence electrons. The molecule has 0 fully saturated rings. The Labute approximate surface area is 167 Å². The van der Waals surface area contributed by atoms with E-state index in [2.05, 4.69) is 20.7 Å². The number of aromatic nitrogens is 3. The van der Waals surface area contributed by atoms with Gasteiger partial charge in [0, 0.05) is 36.1 Å². The molecule has 29 heavy (non-hydrogen) atoms. The van der Waals surface area contributed by atoms with Crippen molar-refractivity contribution in [2.45, 2.75) is 6.92 Å². The van der Waals surface area contributed by atoms with Crippen LogP contribution in [-0.4, -0.2) is 27.6 Å². The van der Waals surface area contributed by atoms with Crippen LogP contribution in [0.2, 0.25) is 0 Å². The number of carbonyl (C=O) groups excluding carboxylic acids is 1. The Morgan fingerprint density at radius 3 is 2.76 bits per heavy atom. The van der Waals surface area contributed by atoms with Crippen LogP contribution in [0.4, 0.5) is 23.0 Å². The van der Waals surface area contributed by atoms with Gasteiger partial charge in [-0.2, -0.15) is 4.98 Å². The number of ether oxygens (including phenoxy) is 1. The molecule has 4 N–H and O–H groups in total. The van der Waals surface area contributed by atoms with Gasteiger partial charge in [0.05, 0.1) is 12.8 Å². The number of hydrogen-bond donors (Lipinski definition) is 3. The molecule has 0 bridgehead atoms. The molecule has 1 amide bonds. The molecule has 0 unspecified atom stereocenters. The molecule has 0 aliphatic carbocycles. The fourth-order valence-electron chi connectivity index (χ4n) is 3.02. The third kappa shape index (κ3) is 3.96. The van der Waals surface area contributed by atoms with Crippen molar-refractivity contribution >= 4 is 34.6 Å². The second-order valence-electron chi connectivity index (χ2n) is 6.50. The number of hydrogen-bond acceptors (Lipinski definition) is 6. The normalized spacial score (nSPS) is 10.7. The van der Waals surface area contributed by atoms with Crippen molar-refractivity contribution < 1.29 is 9.53 Å². The highest BCUT2D eigenvalue weighted by Gasteiger charge is 2.09. The van der Waals surface area contributed by atoms with Gasteiger partial charge >= 0.3 is 0 Å². The fraction of sp³-hybridized carbons (Fsp3) is 0.0952. The largest absolute Gasteiger partial charge is 0.494 e. The maximum atomic E-state index is 11.3. The molecule has 0 aliphatic rings. The molecule has 2 heterocycles. The number of nitrogens with two attached hydrogens (primary N) is 1. The summed E-state index contributed by atoms with van der Waals surface area (Å²) < 4.78 is 7.05. The molecule has 0 radical (unpaired) electrons. The van der Waals surface area contributed by atoms with Crippen molar-refractivity contribution in [1.82, 2.24) is 14.6 Å². The third-order valence-corrected chi connectivity index (χ3v) is 4.32. The number of methoxy groups -OCH3 is 1. The van der Waals surface area contributed by atoms with Crippen LogP contribution >= 0.6 is 0 Å². The number of benzene rings is 2. The summed E-state index contributed by atoms with van der Waals surface area (Å²) in [6.07, 6.45) is 1.89. The summed E-state index contributed by atoms with van der Waals surface area (Å²) in [5.74, 6) is 0.944.